The van der Waals surface area contributed by atoms with Crippen molar-refractivity contribution in [2.75, 3.05) is 19.4 Å². The van der Waals surface area contributed by atoms with Crippen LogP contribution in [0.15, 0.2) is 12.7 Å². The summed E-state index contributed by atoms with van der Waals surface area (Å²) in [6.45, 7) is 8.76. The second kappa shape index (κ2) is 8.42. The molecule has 10 nitrogen and oxygen atoms in total. The molecule has 2 aromatic rings. The quantitative estimate of drug-likeness (QED) is 0.623. The molecular formula is C21H32N6O4. The SMILES string of the molecule is CO[C@H](CN(C(C)C)C1CC(C=O)C1)[C@H]1OC(C)(C)O[C@H]1n1cnc2c(N)ncnc21. The van der Waals surface area contributed by atoms with Crippen molar-refractivity contribution in [2.45, 2.75) is 76.8 Å². The Morgan fingerprint density at radius 3 is 2.71 bits per heavy atom. The zero-order chi connectivity index (χ0) is 22.3. The van der Waals surface area contributed by atoms with Gasteiger partial charge in [0.15, 0.2) is 23.5 Å². The number of aromatic nitrogens is 4. The number of fused-ring (bicyclic) bond motifs is 1. The molecule has 1 saturated heterocycles. The molecule has 4 rings (SSSR count). The minimum absolute atomic E-state index is 0.160. The molecule has 31 heavy (non-hydrogen) atoms. The predicted octanol–water partition coefficient (Wildman–Crippen LogP) is 1.76. The molecule has 170 valence electrons. The van der Waals surface area contributed by atoms with Gasteiger partial charge in [-0.15, -0.1) is 0 Å². The van der Waals surface area contributed by atoms with Crippen LogP contribution < -0.4 is 5.73 Å². The van der Waals surface area contributed by atoms with Crippen LogP contribution >= 0.6 is 0 Å². The van der Waals surface area contributed by atoms with Crippen LogP contribution in [-0.2, 0) is 19.0 Å². The summed E-state index contributed by atoms with van der Waals surface area (Å²) >= 11 is 0. The first-order valence-electron chi connectivity index (χ1n) is 10.8. The van der Waals surface area contributed by atoms with Crippen LogP contribution in [-0.4, -0.2) is 74.4 Å². The Morgan fingerprint density at radius 1 is 1.32 bits per heavy atom. The summed E-state index contributed by atoms with van der Waals surface area (Å²) in [5.74, 6) is -0.321. The summed E-state index contributed by atoms with van der Waals surface area (Å²) in [7, 11) is 1.69. The van der Waals surface area contributed by atoms with Gasteiger partial charge in [0.1, 0.15) is 30.3 Å². The fraction of sp³-hybridized carbons (Fsp3) is 0.714. The first-order valence-corrected chi connectivity index (χ1v) is 10.8. The van der Waals surface area contributed by atoms with Crippen molar-refractivity contribution < 1.29 is 19.0 Å². The number of hydrogen-bond acceptors (Lipinski definition) is 9. The molecule has 2 N–H and O–H groups in total. The van der Waals surface area contributed by atoms with Gasteiger partial charge in [0.25, 0.3) is 0 Å². The van der Waals surface area contributed by atoms with Crippen molar-refractivity contribution in [3.63, 3.8) is 0 Å². The van der Waals surface area contributed by atoms with Gasteiger partial charge in [0, 0.05) is 31.7 Å². The standard InChI is InChI=1S/C21H32N6O4/c1-12(2)26(14-6-13(7-14)9-28)8-15(29-5)17-20(31-21(3,4)30-17)27-11-25-16-18(22)23-10-24-19(16)27/h9-15,17,20H,6-8H2,1-5H3,(H2,22,23,24)/t13?,14?,15-,17-,20-/m1/s1. The van der Waals surface area contributed by atoms with Gasteiger partial charge in [-0.2, -0.15) is 0 Å². The van der Waals surface area contributed by atoms with E-state index in [1.54, 1.807) is 13.4 Å². The zero-order valence-corrected chi connectivity index (χ0v) is 18.8. The third-order valence-electron chi connectivity index (χ3n) is 6.30. The summed E-state index contributed by atoms with van der Waals surface area (Å²) < 4.78 is 20.4. The van der Waals surface area contributed by atoms with E-state index in [2.05, 4.69) is 33.7 Å². The number of carbonyl (C=O) groups excluding carboxylic acids is 1. The topological polar surface area (TPSA) is 118 Å². The van der Waals surface area contributed by atoms with E-state index in [0.29, 0.717) is 35.6 Å². The highest BCUT2D eigenvalue weighted by atomic mass is 16.8. The number of anilines is 1. The van der Waals surface area contributed by atoms with Gasteiger partial charge in [-0.1, -0.05) is 0 Å². The Hall–Kier alpha value is -2.14. The van der Waals surface area contributed by atoms with Crippen LogP contribution in [0.1, 0.15) is 46.8 Å². The molecule has 10 heteroatoms. The minimum atomic E-state index is -0.803. The Bertz CT molecular complexity index is 926. The van der Waals surface area contributed by atoms with Gasteiger partial charge in [-0.25, -0.2) is 15.0 Å². The summed E-state index contributed by atoms with van der Waals surface area (Å²) in [5, 5.41) is 0. The molecule has 1 aliphatic heterocycles. The van der Waals surface area contributed by atoms with Crippen LogP contribution in [0.5, 0.6) is 0 Å². The lowest BCUT2D eigenvalue weighted by atomic mass is 9.79. The average molecular weight is 433 g/mol. The average Bonchev–Trinajstić information content (AvgIpc) is 3.24. The number of aldehydes is 1. The van der Waals surface area contributed by atoms with E-state index in [9.17, 15) is 4.79 Å². The Labute approximate surface area is 182 Å². The van der Waals surface area contributed by atoms with Gasteiger partial charge in [0.2, 0.25) is 0 Å². The van der Waals surface area contributed by atoms with E-state index in [-0.39, 0.29) is 12.0 Å². The number of nitrogens with zero attached hydrogens (tertiary/aromatic N) is 5. The number of carbonyl (C=O) groups is 1. The van der Waals surface area contributed by atoms with E-state index in [4.69, 9.17) is 19.9 Å². The van der Waals surface area contributed by atoms with E-state index >= 15 is 0 Å². The molecule has 2 fully saturated rings. The fourth-order valence-corrected chi connectivity index (χ4v) is 4.62. The summed E-state index contributed by atoms with van der Waals surface area (Å²) in [5.41, 5.74) is 7.08. The number of methoxy groups -OCH3 is 1. The minimum Gasteiger partial charge on any atom is -0.382 e. The Morgan fingerprint density at radius 2 is 2.06 bits per heavy atom. The Balaban J connectivity index is 1.61. The molecular weight excluding hydrogens is 400 g/mol. The number of imidazole rings is 1. The lowest BCUT2D eigenvalue weighted by molar-refractivity contribution is -0.163. The first-order chi connectivity index (χ1) is 14.7. The normalized spacial score (nSPS) is 28.9. The van der Waals surface area contributed by atoms with Crippen LogP contribution in [0.25, 0.3) is 11.2 Å². The van der Waals surface area contributed by atoms with Gasteiger partial charge in [-0.3, -0.25) is 9.47 Å². The van der Waals surface area contributed by atoms with Crippen LogP contribution in [0.3, 0.4) is 0 Å². The van der Waals surface area contributed by atoms with Crippen molar-refractivity contribution in [1.82, 2.24) is 24.4 Å². The van der Waals surface area contributed by atoms with Gasteiger partial charge < -0.3 is 24.7 Å². The van der Waals surface area contributed by atoms with Crippen LogP contribution in [0.4, 0.5) is 5.82 Å². The van der Waals surface area contributed by atoms with Crippen molar-refractivity contribution in [3.05, 3.63) is 12.7 Å². The summed E-state index contributed by atoms with van der Waals surface area (Å²) in [4.78, 5) is 26.2. The largest absolute Gasteiger partial charge is 0.382 e. The molecule has 0 aromatic carbocycles. The lowest BCUT2D eigenvalue weighted by Crippen LogP contribution is -2.53. The number of rotatable bonds is 8. The van der Waals surface area contributed by atoms with Crippen molar-refractivity contribution in [1.29, 1.82) is 0 Å². The maximum atomic E-state index is 11.1. The molecule has 0 amide bonds. The number of nitrogens with two attached hydrogens (primary N) is 1. The van der Waals surface area contributed by atoms with Crippen molar-refractivity contribution in [2.24, 2.45) is 5.92 Å². The van der Waals surface area contributed by atoms with Gasteiger partial charge in [0.05, 0.1) is 6.33 Å². The fourth-order valence-electron chi connectivity index (χ4n) is 4.62. The highest BCUT2D eigenvalue weighted by molar-refractivity contribution is 5.81. The van der Waals surface area contributed by atoms with Crippen molar-refractivity contribution in [3.8, 4) is 0 Å². The van der Waals surface area contributed by atoms with Gasteiger partial charge >= 0.3 is 0 Å². The molecule has 0 radical (unpaired) electrons. The number of hydrogen-bond donors (Lipinski definition) is 1. The molecule has 0 spiro atoms. The molecule has 2 aromatic heterocycles. The van der Waals surface area contributed by atoms with Gasteiger partial charge in [-0.05, 0) is 40.5 Å². The molecule has 1 aliphatic carbocycles. The highest BCUT2D eigenvalue weighted by Gasteiger charge is 2.48. The van der Waals surface area contributed by atoms with Crippen LogP contribution in [0.2, 0.25) is 0 Å². The highest BCUT2D eigenvalue weighted by Crippen LogP contribution is 2.40. The van der Waals surface area contributed by atoms with E-state index in [1.807, 2.05) is 18.4 Å². The maximum Gasteiger partial charge on any atom is 0.169 e. The molecule has 3 atom stereocenters. The number of ether oxygens (including phenoxy) is 3. The molecule has 0 unspecified atom stereocenters. The maximum absolute atomic E-state index is 11.1. The molecule has 0 bridgehead atoms. The monoisotopic (exact) mass is 432 g/mol. The molecule has 2 aliphatic rings. The number of nitrogen functional groups attached to an aromatic ring is 1. The summed E-state index contributed by atoms with van der Waals surface area (Å²) in [6, 6.07) is 0.675. The lowest BCUT2D eigenvalue weighted by Gasteiger charge is -2.45. The third kappa shape index (κ3) is 4.17. The molecule has 1 saturated carbocycles. The first kappa shape index (κ1) is 22.1. The predicted molar refractivity (Wildman–Crippen MR) is 114 cm³/mol. The molecule has 3 heterocycles. The third-order valence-corrected chi connectivity index (χ3v) is 6.30. The summed E-state index contributed by atoms with van der Waals surface area (Å²) in [6.07, 6.45) is 4.77. The van der Waals surface area contributed by atoms with E-state index in [1.165, 1.54) is 6.33 Å². The van der Waals surface area contributed by atoms with Crippen molar-refractivity contribution >= 4 is 23.3 Å². The second-order valence-corrected chi connectivity index (χ2v) is 9.16. The van der Waals surface area contributed by atoms with Crippen LogP contribution in [0, 0.1) is 5.92 Å². The van der Waals surface area contributed by atoms with E-state index < -0.39 is 18.1 Å². The zero-order valence-electron chi connectivity index (χ0n) is 18.8. The van der Waals surface area contributed by atoms with E-state index in [0.717, 1.165) is 19.1 Å². The second-order valence-electron chi connectivity index (χ2n) is 9.16. The Kier molecular flexibility index (Phi) is 5.99. The smallest absolute Gasteiger partial charge is 0.169 e.